The van der Waals surface area contributed by atoms with E-state index in [1.807, 2.05) is 0 Å². The van der Waals surface area contributed by atoms with Crippen molar-refractivity contribution in [1.29, 1.82) is 0 Å². The Labute approximate surface area is 249 Å². The van der Waals surface area contributed by atoms with Crippen LogP contribution in [0.1, 0.15) is 101 Å². The van der Waals surface area contributed by atoms with Gasteiger partial charge in [-0.1, -0.05) is 0 Å². The fraction of sp³-hybridized carbons (Fsp3) is 0.700. The normalized spacial score (nSPS) is 13.8. The first-order valence-corrected chi connectivity index (χ1v) is 13.9. The number of hydrogen-bond donors (Lipinski definition) is 3. The summed E-state index contributed by atoms with van der Waals surface area (Å²) in [5.74, 6) is -1.61. The molecule has 0 saturated carbocycles. The van der Waals surface area contributed by atoms with E-state index in [-0.39, 0.29) is 25.0 Å². The lowest BCUT2D eigenvalue weighted by molar-refractivity contribution is -0.158. The summed E-state index contributed by atoms with van der Waals surface area (Å²) in [4.78, 5) is 55.2. The molecular weight excluding hydrogens is 546 g/mol. The van der Waals surface area contributed by atoms with E-state index < -0.39 is 58.6 Å². The number of aromatic nitrogens is 1. The molecule has 2 atom stereocenters. The summed E-state index contributed by atoms with van der Waals surface area (Å²) in [5, 5.41) is 15.8. The number of hydrogen-bond acceptors (Lipinski definition) is 10. The number of alkyl carbamates (subject to hydrolysis) is 2. The molecule has 0 aliphatic heterocycles. The van der Waals surface area contributed by atoms with Gasteiger partial charge in [0.05, 0.1) is 6.20 Å². The van der Waals surface area contributed by atoms with Crippen molar-refractivity contribution < 1.29 is 43.2 Å². The van der Waals surface area contributed by atoms with E-state index in [2.05, 4.69) is 15.6 Å². The number of amides is 2. The molecule has 42 heavy (non-hydrogen) atoms. The predicted molar refractivity (Wildman–Crippen MR) is 156 cm³/mol. The first kappa shape index (κ1) is 36.5. The minimum atomic E-state index is -1.22. The van der Waals surface area contributed by atoms with E-state index in [4.69, 9.17) is 18.9 Å². The highest BCUT2D eigenvalue weighted by atomic mass is 16.6. The van der Waals surface area contributed by atoms with Crippen molar-refractivity contribution in [2.75, 3.05) is 0 Å². The van der Waals surface area contributed by atoms with Gasteiger partial charge in [0.1, 0.15) is 40.2 Å². The number of esters is 2. The highest BCUT2D eigenvalue weighted by molar-refractivity contribution is 5.83. The van der Waals surface area contributed by atoms with Gasteiger partial charge in [-0.2, -0.15) is 0 Å². The summed E-state index contributed by atoms with van der Waals surface area (Å²) in [6.07, 6.45) is 1.11. The maximum absolute atomic E-state index is 13.1. The molecule has 0 spiro atoms. The minimum Gasteiger partial charge on any atom is -0.506 e. The average Bonchev–Trinajstić information content (AvgIpc) is 2.72. The molecule has 1 aromatic heterocycles. The molecule has 238 valence electrons. The molecule has 0 aliphatic carbocycles. The molecule has 12 heteroatoms. The van der Waals surface area contributed by atoms with Crippen LogP contribution in [0.4, 0.5) is 9.59 Å². The van der Waals surface area contributed by atoms with E-state index in [9.17, 15) is 24.3 Å². The zero-order valence-electron chi connectivity index (χ0n) is 27.1. The van der Waals surface area contributed by atoms with Gasteiger partial charge in [0.25, 0.3) is 0 Å². The van der Waals surface area contributed by atoms with Gasteiger partial charge in [0.15, 0.2) is 0 Å². The zero-order chi connectivity index (χ0) is 32.7. The molecule has 3 N–H and O–H groups in total. The van der Waals surface area contributed by atoms with Crippen molar-refractivity contribution in [1.82, 2.24) is 15.6 Å². The van der Waals surface area contributed by atoms with E-state index in [1.165, 1.54) is 12.4 Å². The second-order valence-electron chi connectivity index (χ2n) is 14.0. The second-order valence-corrected chi connectivity index (χ2v) is 14.0. The van der Waals surface area contributed by atoms with Gasteiger partial charge in [-0.15, -0.1) is 0 Å². The van der Waals surface area contributed by atoms with Crippen LogP contribution in [0.2, 0.25) is 0 Å². The van der Waals surface area contributed by atoms with Crippen LogP contribution in [0.15, 0.2) is 12.4 Å². The third-order valence-electron chi connectivity index (χ3n) is 5.00. The minimum absolute atomic E-state index is 0.0584. The van der Waals surface area contributed by atoms with E-state index >= 15 is 0 Å². The first-order valence-electron chi connectivity index (χ1n) is 13.9. The van der Waals surface area contributed by atoms with E-state index in [1.54, 1.807) is 83.1 Å². The Bertz CT molecular complexity index is 1110. The van der Waals surface area contributed by atoms with Crippen molar-refractivity contribution in [3.8, 4) is 5.75 Å². The molecule has 0 aromatic carbocycles. The molecule has 0 fully saturated rings. The Morgan fingerprint density at radius 1 is 0.690 bits per heavy atom. The van der Waals surface area contributed by atoms with Crippen LogP contribution in [0, 0.1) is 0 Å². The van der Waals surface area contributed by atoms with Crippen molar-refractivity contribution in [3.05, 3.63) is 23.5 Å². The molecule has 1 aromatic rings. The van der Waals surface area contributed by atoms with E-state index in [0.717, 1.165) is 0 Å². The van der Waals surface area contributed by atoms with Gasteiger partial charge in [0.2, 0.25) is 0 Å². The monoisotopic (exact) mass is 595 g/mol. The fourth-order valence-corrected chi connectivity index (χ4v) is 3.56. The van der Waals surface area contributed by atoms with Crippen molar-refractivity contribution in [2.45, 2.75) is 137 Å². The van der Waals surface area contributed by atoms with Crippen LogP contribution in [0.5, 0.6) is 5.75 Å². The lowest BCUT2D eigenvalue weighted by Crippen LogP contribution is -2.47. The highest BCUT2D eigenvalue weighted by Gasteiger charge is 2.32. The molecule has 2 amide bonds. The van der Waals surface area contributed by atoms with Gasteiger partial charge in [-0.25, -0.2) is 19.2 Å². The SMILES string of the molecule is CC(C)(C)OC(=O)N[C@@H](CCc1cncc(O)c1C[C@H](NC(=O)OC(C)(C)C)C(=O)OC(C)(C)C)C(=O)OC(C)(C)C. The highest BCUT2D eigenvalue weighted by Crippen LogP contribution is 2.25. The zero-order valence-corrected chi connectivity index (χ0v) is 27.1. The van der Waals surface area contributed by atoms with Crippen LogP contribution in [0.25, 0.3) is 0 Å². The largest absolute Gasteiger partial charge is 0.506 e. The molecule has 0 saturated heterocycles. The molecule has 12 nitrogen and oxygen atoms in total. The van der Waals surface area contributed by atoms with Crippen molar-refractivity contribution >= 4 is 24.1 Å². The smallest absolute Gasteiger partial charge is 0.408 e. The van der Waals surface area contributed by atoms with Crippen LogP contribution < -0.4 is 10.6 Å². The molecule has 0 aliphatic rings. The maximum Gasteiger partial charge on any atom is 0.408 e. The molecule has 0 radical (unpaired) electrons. The Balaban J connectivity index is 3.32. The third kappa shape index (κ3) is 14.9. The number of carbonyl (C=O) groups is 4. The van der Waals surface area contributed by atoms with Crippen molar-refractivity contribution in [3.63, 3.8) is 0 Å². The summed E-state index contributed by atoms with van der Waals surface area (Å²) in [7, 11) is 0. The summed E-state index contributed by atoms with van der Waals surface area (Å²) in [6, 6.07) is -2.30. The van der Waals surface area contributed by atoms with E-state index in [0.29, 0.717) is 11.1 Å². The van der Waals surface area contributed by atoms with Gasteiger partial charge in [-0.3, -0.25) is 4.98 Å². The molecular formula is C30H49N3O9. The lowest BCUT2D eigenvalue weighted by Gasteiger charge is -2.27. The Kier molecular flexibility index (Phi) is 12.2. The van der Waals surface area contributed by atoms with Crippen LogP contribution in [-0.2, 0) is 41.4 Å². The number of nitrogens with one attached hydrogen (secondary N) is 2. The molecule has 0 unspecified atom stereocenters. The number of rotatable bonds is 9. The van der Waals surface area contributed by atoms with Gasteiger partial charge < -0.3 is 34.7 Å². The quantitative estimate of drug-likeness (QED) is 0.269. The topological polar surface area (TPSA) is 162 Å². The number of ether oxygens (including phenoxy) is 4. The predicted octanol–water partition coefficient (Wildman–Crippen LogP) is 4.73. The third-order valence-corrected chi connectivity index (χ3v) is 5.00. The molecule has 1 heterocycles. The fourth-order valence-electron chi connectivity index (χ4n) is 3.56. The molecule has 0 bridgehead atoms. The Hall–Kier alpha value is -3.57. The van der Waals surface area contributed by atoms with Crippen LogP contribution in [-0.4, -0.2) is 68.7 Å². The number of aryl methyl sites for hydroxylation is 1. The van der Waals surface area contributed by atoms with Gasteiger partial charge in [-0.05, 0) is 101 Å². The summed E-state index contributed by atoms with van der Waals surface area (Å²) in [6.45, 7) is 20.4. The summed E-state index contributed by atoms with van der Waals surface area (Å²) >= 11 is 0. The number of aromatic hydroxyl groups is 1. The Morgan fingerprint density at radius 2 is 1.10 bits per heavy atom. The first-order chi connectivity index (χ1) is 18.8. The number of nitrogens with zero attached hydrogens (tertiary/aromatic N) is 1. The van der Waals surface area contributed by atoms with Crippen molar-refractivity contribution in [2.24, 2.45) is 0 Å². The van der Waals surface area contributed by atoms with Gasteiger partial charge in [0, 0.05) is 18.2 Å². The number of carbonyl (C=O) groups excluding carboxylic acids is 4. The maximum atomic E-state index is 13.1. The second kappa shape index (κ2) is 14.1. The van der Waals surface area contributed by atoms with Crippen LogP contribution >= 0.6 is 0 Å². The van der Waals surface area contributed by atoms with Crippen LogP contribution in [0.3, 0.4) is 0 Å². The van der Waals surface area contributed by atoms with Gasteiger partial charge >= 0.3 is 24.1 Å². The Morgan fingerprint density at radius 3 is 1.52 bits per heavy atom. The molecule has 1 rings (SSSR count). The lowest BCUT2D eigenvalue weighted by atomic mass is 9.96. The standard InChI is InChI=1S/C30H49N3O9/c1-27(2,3)39-23(35)20(32-25(37)41-29(7,8)9)14-13-18-16-31-17-22(34)19(18)15-21(24(36)40-28(4,5)6)33-26(38)42-30(10,11)12/h16-17,20-21,34H,13-15H2,1-12H3,(H,32,37)(H,33,38)/t20-,21-/m0/s1. The average molecular weight is 596 g/mol. The number of pyridine rings is 1. The summed E-state index contributed by atoms with van der Waals surface area (Å²) < 4.78 is 21.7. The summed E-state index contributed by atoms with van der Waals surface area (Å²) in [5.41, 5.74) is -2.47.